The van der Waals surface area contributed by atoms with E-state index in [1.165, 1.54) is 0 Å². The predicted octanol–water partition coefficient (Wildman–Crippen LogP) is 0.449. The molecule has 0 aromatic carbocycles. The lowest BCUT2D eigenvalue weighted by Gasteiger charge is -2.00. The summed E-state index contributed by atoms with van der Waals surface area (Å²) in [7, 11) is 0. The quantitative estimate of drug-likeness (QED) is 0.198. The Morgan fingerprint density at radius 3 is 2.80 bits per heavy atom. The van der Waals surface area contributed by atoms with Gasteiger partial charge in [-0.25, -0.2) is 4.79 Å². The zero-order valence-electron chi connectivity index (χ0n) is 5.80. The molecule has 10 heavy (non-hydrogen) atoms. The number of carbonyl (C=O) groups excluding carboxylic acids is 1. The van der Waals surface area contributed by atoms with E-state index in [-0.39, 0.29) is 6.73 Å². The molecule has 0 unspecified atom stereocenters. The molecule has 3 heteroatoms. The maximum absolute atomic E-state index is 10.4. The van der Waals surface area contributed by atoms with Crippen LogP contribution >= 0.6 is 0 Å². The molecule has 0 saturated heterocycles. The van der Waals surface area contributed by atoms with Crippen molar-refractivity contribution in [1.82, 2.24) is 5.32 Å². The lowest BCUT2D eigenvalue weighted by atomic mass is 10.6. The first kappa shape index (κ1) is 8.91. The summed E-state index contributed by atoms with van der Waals surface area (Å²) >= 11 is 0. The van der Waals surface area contributed by atoms with Gasteiger partial charge in [0.1, 0.15) is 6.73 Å². The van der Waals surface area contributed by atoms with E-state index in [0.717, 1.165) is 6.08 Å². The molecule has 3 nitrogen and oxygen atoms in total. The van der Waals surface area contributed by atoms with Crippen molar-refractivity contribution >= 4 is 5.97 Å². The zero-order valence-corrected chi connectivity index (χ0v) is 5.80. The Hall–Kier alpha value is -1.09. The molecule has 1 N–H and O–H groups in total. The molecule has 0 aliphatic heterocycles. The van der Waals surface area contributed by atoms with Crippen LogP contribution in [0.4, 0.5) is 0 Å². The van der Waals surface area contributed by atoms with Crippen molar-refractivity contribution in [3.63, 3.8) is 0 Å². The highest BCUT2D eigenvalue weighted by molar-refractivity contribution is 5.81. The summed E-state index contributed by atoms with van der Waals surface area (Å²) in [5.74, 6) is -0.420. The van der Waals surface area contributed by atoms with Crippen molar-refractivity contribution in [2.45, 2.75) is 0 Å². The van der Waals surface area contributed by atoms with Crippen molar-refractivity contribution < 1.29 is 9.53 Å². The third-order valence-electron chi connectivity index (χ3n) is 0.772. The number of carbonyl (C=O) groups is 1. The van der Waals surface area contributed by atoms with Crippen LogP contribution in [-0.4, -0.2) is 19.2 Å². The van der Waals surface area contributed by atoms with Gasteiger partial charge in [0.2, 0.25) is 0 Å². The molecule has 0 aliphatic rings. The van der Waals surface area contributed by atoms with E-state index >= 15 is 0 Å². The molecular weight excluding hydrogens is 130 g/mol. The maximum Gasteiger partial charge on any atom is 0.331 e. The van der Waals surface area contributed by atoms with Crippen LogP contribution in [0.1, 0.15) is 0 Å². The van der Waals surface area contributed by atoms with E-state index in [1.54, 1.807) is 6.08 Å². The van der Waals surface area contributed by atoms with E-state index in [2.05, 4.69) is 23.2 Å². The van der Waals surface area contributed by atoms with Gasteiger partial charge in [0, 0.05) is 12.6 Å². The minimum atomic E-state index is -0.420. The first-order valence-electron chi connectivity index (χ1n) is 2.92. The standard InChI is InChI=1S/C7H11NO2/c1-3-5-8-6-10-7(9)4-2/h3-4,8H,1-2,5-6H2. The Balaban J connectivity index is 3.11. The molecule has 0 saturated carbocycles. The number of hydrogen-bond acceptors (Lipinski definition) is 3. The van der Waals surface area contributed by atoms with E-state index in [0.29, 0.717) is 6.54 Å². The largest absolute Gasteiger partial charge is 0.447 e. The van der Waals surface area contributed by atoms with Crippen molar-refractivity contribution in [3.05, 3.63) is 25.3 Å². The molecule has 0 aliphatic carbocycles. The molecule has 0 spiro atoms. The Bertz CT molecular complexity index is 132. The Labute approximate surface area is 60.4 Å². The molecule has 0 amide bonds. The lowest BCUT2D eigenvalue weighted by molar-refractivity contribution is -0.138. The Morgan fingerprint density at radius 1 is 1.60 bits per heavy atom. The van der Waals surface area contributed by atoms with E-state index in [1.807, 2.05) is 0 Å². The molecule has 0 heterocycles. The van der Waals surface area contributed by atoms with Crippen LogP contribution in [0.5, 0.6) is 0 Å². The van der Waals surface area contributed by atoms with Crippen molar-refractivity contribution in [2.75, 3.05) is 13.3 Å². The second-order valence-corrected chi connectivity index (χ2v) is 1.55. The highest BCUT2D eigenvalue weighted by Crippen LogP contribution is 1.74. The van der Waals surface area contributed by atoms with E-state index in [9.17, 15) is 4.79 Å². The van der Waals surface area contributed by atoms with Crippen LogP contribution in [0.3, 0.4) is 0 Å². The van der Waals surface area contributed by atoms with E-state index < -0.39 is 5.97 Å². The highest BCUT2D eigenvalue weighted by atomic mass is 16.5. The summed E-state index contributed by atoms with van der Waals surface area (Å²) in [5, 5.41) is 2.79. The van der Waals surface area contributed by atoms with Gasteiger partial charge in [-0.1, -0.05) is 12.7 Å². The molecule has 0 fully saturated rings. The molecule has 0 radical (unpaired) electrons. The van der Waals surface area contributed by atoms with Gasteiger partial charge in [-0.05, 0) is 0 Å². The van der Waals surface area contributed by atoms with Gasteiger partial charge in [-0.15, -0.1) is 6.58 Å². The second-order valence-electron chi connectivity index (χ2n) is 1.55. The number of esters is 1. The molecule has 0 rings (SSSR count). The van der Waals surface area contributed by atoms with Gasteiger partial charge in [0.25, 0.3) is 0 Å². The molecular formula is C7H11NO2. The minimum Gasteiger partial charge on any atom is -0.447 e. The first-order valence-corrected chi connectivity index (χ1v) is 2.92. The van der Waals surface area contributed by atoms with Crippen LogP contribution in [-0.2, 0) is 9.53 Å². The summed E-state index contributed by atoms with van der Waals surface area (Å²) in [4.78, 5) is 10.4. The van der Waals surface area contributed by atoms with E-state index in [4.69, 9.17) is 0 Å². The van der Waals surface area contributed by atoms with Crippen LogP contribution in [0, 0.1) is 0 Å². The molecule has 0 aromatic rings. The van der Waals surface area contributed by atoms with Gasteiger partial charge in [-0.2, -0.15) is 0 Å². The number of hydrogen-bond donors (Lipinski definition) is 1. The minimum absolute atomic E-state index is 0.205. The SMILES string of the molecule is C=CCNCOC(=O)C=C. The third-order valence-corrected chi connectivity index (χ3v) is 0.772. The van der Waals surface area contributed by atoms with Crippen molar-refractivity contribution in [1.29, 1.82) is 0 Å². The van der Waals surface area contributed by atoms with Gasteiger partial charge in [0.15, 0.2) is 0 Å². The fourth-order valence-electron chi connectivity index (χ4n) is 0.342. The van der Waals surface area contributed by atoms with Crippen molar-refractivity contribution in [3.8, 4) is 0 Å². The van der Waals surface area contributed by atoms with Crippen LogP contribution in [0.2, 0.25) is 0 Å². The number of rotatable bonds is 5. The average molecular weight is 141 g/mol. The average Bonchev–Trinajstić information content (AvgIpc) is 1.98. The third kappa shape index (κ3) is 5.05. The fraction of sp³-hybridized carbons (Fsp3) is 0.286. The number of ether oxygens (including phenoxy) is 1. The van der Waals surface area contributed by atoms with Crippen LogP contribution < -0.4 is 5.32 Å². The zero-order chi connectivity index (χ0) is 7.82. The first-order chi connectivity index (χ1) is 4.81. The molecule has 0 aromatic heterocycles. The molecule has 0 bridgehead atoms. The molecule has 56 valence electrons. The van der Waals surface area contributed by atoms with Gasteiger partial charge in [0.05, 0.1) is 0 Å². The lowest BCUT2D eigenvalue weighted by Crippen LogP contribution is -2.19. The van der Waals surface area contributed by atoms with Gasteiger partial charge < -0.3 is 4.74 Å². The monoisotopic (exact) mass is 141 g/mol. The second kappa shape index (κ2) is 6.04. The summed E-state index contributed by atoms with van der Waals surface area (Å²) in [6.07, 6.45) is 2.80. The summed E-state index contributed by atoms with van der Waals surface area (Å²) in [5.41, 5.74) is 0. The Kier molecular flexibility index (Phi) is 5.38. The highest BCUT2D eigenvalue weighted by Gasteiger charge is 1.90. The fourth-order valence-corrected chi connectivity index (χ4v) is 0.342. The van der Waals surface area contributed by atoms with Crippen LogP contribution in [0.25, 0.3) is 0 Å². The maximum atomic E-state index is 10.4. The molecule has 0 atom stereocenters. The predicted molar refractivity (Wildman–Crippen MR) is 39.4 cm³/mol. The van der Waals surface area contributed by atoms with Gasteiger partial charge in [-0.3, -0.25) is 5.32 Å². The van der Waals surface area contributed by atoms with Crippen molar-refractivity contribution in [2.24, 2.45) is 0 Å². The van der Waals surface area contributed by atoms with Crippen LogP contribution in [0.15, 0.2) is 25.3 Å². The Morgan fingerprint density at radius 2 is 2.30 bits per heavy atom. The summed E-state index contributed by atoms with van der Waals surface area (Å²) < 4.78 is 4.58. The van der Waals surface area contributed by atoms with Gasteiger partial charge >= 0.3 is 5.97 Å². The number of nitrogens with one attached hydrogen (secondary N) is 1. The summed E-state index contributed by atoms with van der Waals surface area (Å²) in [6.45, 7) is 7.55. The topological polar surface area (TPSA) is 38.3 Å². The summed E-state index contributed by atoms with van der Waals surface area (Å²) in [6, 6.07) is 0. The normalized spacial score (nSPS) is 8.40. The smallest absolute Gasteiger partial charge is 0.331 e.